The summed E-state index contributed by atoms with van der Waals surface area (Å²) in [4.78, 5) is 27.9. The topological polar surface area (TPSA) is 152 Å². The van der Waals surface area contributed by atoms with Gasteiger partial charge < -0.3 is 29.5 Å². The first-order valence-electron chi connectivity index (χ1n) is 8.67. The average Bonchev–Trinajstić information content (AvgIpc) is 2.98. The first-order chi connectivity index (χ1) is 13.9. The molecule has 0 spiro atoms. The Kier molecular flexibility index (Phi) is 6.25. The molecule has 0 aliphatic carbocycles. The van der Waals surface area contributed by atoms with E-state index >= 15 is 0 Å². The summed E-state index contributed by atoms with van der Waals surface area (Å²) in [6.07, 6.45) is -4.09. The maximum absolute atomic E-state index is 12.3. The van der Waals surface area contributed by atoms with Gasteiger partial charge in [0.05, 0.1) is 0 Å². The van der Waals surface area contributed by atoms with Crippen molar-refractivity contribution >= 4 is 11.9 Å². The fourth-order valence-corrected chi connectivity index (χ4v) is 2.89. The second kappa shape index (κ2) is 8.68. The Hall–Kier alpha value is -2.83. The zero-order chi connectivity index (χ0) is 21.0. The van der Waals surface area contributed by atoms with Crippen molar-refractivity contribution in [3.8, 4) is 0 Å². The molecule has 0 bridgehead atoms. The largest absolute Gasteiger partial charge is 0.444 e. The van der Waals surface area contributed by atoms with Crippen molar-refractivity contribution in [2.75, 3.05) is 19.0 Å². The van der Waals surface area contributed by atoms with E-state index in [1.165, 1.54) is 19.4 Å². The predicted molar refractivity (Wildman–Crippen MR) is 97.7 cm³/mol. The van der Waals surface area contributed by atoms with E-state index in [0.717, 1.165) is 10.1 Å². The van der Waals surface area contributed by atoms with Crippen LogP contribution in [0.25, 0.3) is 0 Å². The number of carbonyl (C=O) groups is 1. The number of anilines is 1. The monoisotopic (exact) mass is 407 g/mol. The van der Waals surface area contributed by atoms with Crippen LogP contribution in [0.4, 0.5) is 10.6 Å². The Morgan fingerprint density at radius 3 is 2.62 bits per heavy atom. The zero-order valence-corrected chi connectivity index (χ0v) is 15.5. The highest BCUT2D eigenvalue weighted by Gasteiger charge is 2.55. The second-order valence-corrected chi connectivity index (χ2v) is 6.31. The lowest BCUT2D eigenvalue weighted by atomic mass is 10.1. The number of aliphatic hydroxyl groups excluding tert-OH is 3. The molecule has 156 valence electrons. The smallest absolute Gasteiger partial charge is 0.413 e. The minimum absolute atomic E-state index is 0.0456. The number of aliphatic hydroxyl groups is 3. The lowest BCUT2D eigenvalue weighted by Crippen LogP contribution is -2.47. The van der Waals surface area contributed by atoms with Crippen LogP contribution in [-0.4, -0.2) is 62.7 Å². The van der Waals surface area contributed by atoms with E-state index in [1.807, 2.05) is 18.2 Å². The van der Waals surface area contributed by atoms with Crippen LogP contribution in [0.3, 0.4) is 0 Å². The minimum atomic E-state index is -1.87. The van der Waals surface area contributed by atoms with E-state index in [9.17, 15) is 24.9 Å². The molecule has 4 atom stereocenters. The molecule has 1 aliphatic rings. The highest BCUT2D eigenvalue weighted by molar-refractivity contribution is 5.83. The van der Waals surface area contributed by atoms with Gasteiger partial charge in [0, 0.05) is 13.3 Å². The Labute approximate surface area is 165 Å². The molecule has 4 N–H and O–H groups in total. The maximum atomic E-state index is 12.3. The van der Waals surface area contributed by atoms with Gasteiger partial charge in [0.25, 0.3) is 0 Å². The van der Waals surface area contributed by atoms with Crippen molar-refractivity contribution in [3.63, 3.8) is 0 Å². The highest BCUT2D eigenvalue weighted by Crippen LogP contribution is 2.36. The van der Waals surface area contributed by atoms with E-state index in [1.54, 1.807) is 12.1 Å². The number of carbonyl (C=O) groups excluding carboxylic acids is 1. The van der Waals surface area contributed by atoms with Gasteiger partial charge in [-0.05, 0) is 11.6 Å². The Morgan fingerprint density at radius 1 is 1.31 bits per heavy atom. The van der Waals surface area contributed by atoms with Gasteiger partial charge in [0.2, 0.25) is 5.79 Å². The van der Waals surface area contributed by atoms with Gasteiger partial charge in [-0.25, -0.2) is 9.59 Å². The summed E-state index contributed by atoms with van der Waals surface area (Å²) >= 11 is 0. The summed E-state index contributed by atoms with van der Waals surface area (Å²) in [6, 6.07) is 10.3. The van der Waals surface area contributed by atoms with Gasteiger partial charge >= 0.3 is 11.8 Å². The number of hydrogen-bond acceptors (Lipinski definition) is 9. The van der Waals surface area contributed by atoms with E-state index in [-0.39, 0.29) is 12.4 Å². The number of nitrogens with zero attached hydrogens (tertiary/aromatic N) is 2. The number of benzene rings is 1. The third-order valence-corrected chi connectivity index (χ3v) is 4.50. The number of ether oxygens (including phenoxy) is 3. The standard InChI is InChI=1S/C18H21N3O8/c1-27-18(10-22)14(24)13(23)15(29-18)21-8-7-12(19-16(21)25)20-17(26)28-9-11-5-3-2-4-6-11/h2-8,13-15,22-24H,9-10H2,1H3,(H,19,20,25,26)/t13-,14+,15-,18-/m1/s1. The van der Waals surface area contributed by atoms with Crippen LogP contribution in [0.15, 0.2) is 47.4 Å². The van der Waals surface area contributed by atoms with Gasteiger partial charge in [-0.1, -0.05) is 30.3 Å². The quantitative estimate of drug-likeness (QED) is 0.500. The molecule has 0 saturated carbocycles. The number of amides is 1. The van der Waals surface area contributed by atoms with Crippen LogP contribution in [0.1, 0.15) is 11.8 Å². The molecule has 0 radical (unpaired) electrons. The molecule has 1 amide bonds. The molecule has 1 fully saturated rings. The van der Waals surface area contributed by atoms with Crippen molar-refractivity contribution in [2.45, 2.75) is 30.8 Å². The molecule has 29 heavy (non-hydrogen) atoms. The van der Waals surface area contributed by atoms with Crippen molar-refractivity contribution < 1.29 is 34.3 Å². The summed E-state index contributed by atoms with van der Waals surface area (Å²) in [6.45, 7) is -0.697. The lowest BCUT2D eigenvalue weighted by molar-refractivity contribution is -0.269. The third kappa shape index (κ3) is 4.28. The van der Waals surface area contributed by atoms with Crippen molar-refractivity contribution in [2.24, 2.45) is 0 Å². The van der Waals surface area contributed by atoms with Crippen molar-refractivity contribution in [3.05, 3.63) is 58.6 Å². The number of rotatable bonds is 6. The van der Waals surface area contributed by atoms with Gasteiger partial charge in [-0.3, -0.25) is 9.88 Å². The number of hydrogen-bond donors (Lipinski definition) is 4. The van der Waals surface area contributed by atoms with Crippen LogP contribution in [0.5, 0.6) is 0 Å². The Balaban J connectivity index is 1.67. The molecular weight excluding hydrogens is 386 g/mol. The summed E-state index contributed by atoms with van der Waals surface area (Å²) < 4.78 is 16.3. The summed E-state index contributed by atoms with van der Waals surface area (Å²) in [5.74, 6) is -1.95. The van der Waals surface area contributed by atoms with E-state index in [4.69, 9.17) is 14.2 Å². The molecule has 11 heteroatoms. The van der Waals surface area contributed by atoms with E-state index < -0.39 is 42.6 Å². The van der Waals surface area contributed by atoms with Crippen molar-refractivity contribution in [1.82, 2.24) is 9.55 Å². The average molecular weight is 407 g/mol. The first-order valence-corrected chi connectivity index (χ1v) is 8.67. The molecule has 1 aromatic carbocycles. The molecular formula is C18H21N3O8. The third-order valence-electron chi connectivity index (χ3n) is 4.50. The molecule has 2 heterocycles. The summed E-state index contributed by atoms with van der Waals surface area (Å²) in [5, 5.41) is 32.0. The van der Waals surface area contributed by atoms with Gasteiger partial charge in [0.1, 0.15) is 31.2 Å². The fourth-order valence-electron chi connectivity index (χ4n) is 2.89. The number of aromatic nitrogens is 2. The van der Waals surface area contributed by atoms with Crippen LogP contribution in [-0.2, 0) is 20.8 Å². The highest BCUT2D eigenvalue weighted by atomic mass is 16.7. The lowest BCUT2D eigenvalue weighted by Gasteiger charge is -2.27. The molecule has 11 nitrogen and oxygen atoms in total. The van der Waals surface area contributed by atoms with E-state index in [2.05, 4.69) is 10.3 Å². The van der Waals surface area contributed by atoms with E-state index in [0.29, 0.717) is 0 Å². The van der Waals surface area contributed by atoms with Crippen LogP contribution in [0, 0.1) is 0 Å². The normalized spacial score (nSPS) is 26.3. The summed E-state index contributed by atoms with van der Waals surface area (Å²) in [5.41, 5.74) is -0.0746. The SMILES string of the molecule is CO[C@]1(CO)O[C@@H](n2ccc(NC(=O)OCc3ccccc3)nc2=O)[C@H](O)[C@@H]1O. The Bertz CT molecular complexity index is 899. The molecule has 1 aliphatic heterocycles. The zero-order valence-electron chi connectivity index (χ0n) is 15.5. The van der Waals surface area contributed by atoms with Crippen molar-refractivity contribution in [1.29, 1.82) is 0 Å². The molecule has 1 saturated heterocycles. The number of nitrogens with one attached hydrogen (secondary N) is 1. The predicted octanol–water partition coefficient (Wildman–Crippen LogP) is -0.422. The fraction of sp³-hybridized carbons (Fsp3) is 0.389. The van der Waals surface area contributed by atoms with Crippen LogP contribution < -0.4 is 11.0 Å². The molecule has 3 rings (SSSR count). The maximum Gasteiger partial charge on any atom is 0.413 e. The summed E-state index contributed by atoms with van der Waals surface area (Å²) in [7, 11) is 1.18. The van der Waals surface area contributed by atoms with Gasteiger partial charge in [-0.15, -0.1) is 0 Å². The second-order valence-electron chi connectivity index (χ2n) is 6.31. The number of methoxy groups -OCH3 is 1. The van der Waals surface area contributed by atoms with Crippen LogP contribution in [0.2, 0.25) is 0 Å². The molecule has 1 aromatic heterocycles. The molecule has 2 aromatic rings. The Morgan fingerprint density at radius 2 is 2.03 bits per heavy atom. The minimum Gasteiger partial charge on any atom is -0.444 e. The first kappa shape index (κ1) is 20.9. The van der Waals surface area contributed by atoms with Crippen LogP contribution >= 0.6 is 0 Å². The van der Waals surface area contributed by atoms with Gasteiger partial charge in [0.15, 0.2) is 6.23 Å². The molecule has 0 unspecified atom stereocenters. The van der Waals surface area contributed by atoms with Gasteiger partial charge in [-0.2, -0.15) is 4.98 Å².